The summed E-state index contributed by atoms with van der Waals surface area (Å²) in [5, 5.41) is 14.9. The molecule has 4 nitrogen and oxygen atoms in total. The zero-order valence-electron chi connectivity index (χ0n) is 19.1. The van der Waals surface area contributed by atoms with Crippen LogP contribution < -0.4 is 5.32 Å². The van der Waals surface area contributed by atoms with Crippen molar-refractivity contribution in [3.8, 4) is 0 Å². The number of anilines is 1. The van der Waals surface area contributed by atoms with Crippen LogP contribution >= 0.6 is 0 Å². The molecular formula is C30H27NO3. The number of carbonyl (C=O) groups excluding carboxylic acids is 1. The van der Waals surface area contributed by atoms with Crippen LogP contribution in [0.3, 0.4) is 0 Å². The van der Waals surface area contributed by atoms with E-state index in [1.54, 1.807) is 12.1 Å². The number of hydrogen-bond acceptors (Lipinski definition) is 2. The highest BCUT2D eigenvalue weighted by Crippen LogP contribution is 2.30. The molecule has 1 atom stereocenters. The molecule has 4 aromatic rings. The number of benzene rings is 4. The molecule has 4 aromatic carbocycles. The van der Waals surface area contributed by atoms with Crippen molar-refractivity contribution in [3.05, 3.63) is 125 Å². The monoisotopic (exact) mass is 449 g/mol. The van der Waals surface area contributed by atoms with E-state index in [0.29, 0.717) is 24.1 Å². The lowest BCUT2D eigenvalue weighted by atomic mass is 9.90. The third-order valence-corrected chi connectivity index (χ3v) is 6.03. The molecule has 0 aliphatic carbocycles. The van der Waals surface area contributed by atoms with Crippen molar-refractivity contribution in [2.45, 2.75) is 25.7 Å². The molecule has 4 rings (SSSR count). The van der Waals surface area contributed by atoms with Crippen molar-refractivity contribution in [2.75, 3.05) is 5.32 Å². The Balaban J connectivity index is 1.66. The Bertz CT molecular complexity index is 1350. The van der Waals surface area contributed by atoms with Crippen LogP contribution in [0.25, 0.3) is 10.8 Å². The quantitative estimate of drug-likeness (QED) is 0.290. The van der Waals surface area contributed by atoms with E-state index in [-0.39, 0.29) is 17.4 Å². The van der Waals surface area contributed by atoms with Crippen molar-refractivity contribution >= 4 is 28.3 Å². The van der Waals surface area contributed by atoms with Crippen molar-refractivity contribution in [1.82, 2.24) is 0 Å². The van der Waals surface area contributed by atoms with Crippen LogP contribution in [0.15, 0.2) is 103 Å². The fraction of sp³-hybridized carbons (Fsp3) is 0.133. The predicted octanol–water partition coefficient (Wildman–Crippen LogP) is 6.82. The van der Waals surface area contributed by atoms with Crippen molar-refractivity contribution in [3.63, 3.8) is 0 Å². The molecule has 0 fully saturated rings. The molecule has 1 unspecified atom stereocenters. The minimum atomic E-state index is -0.959. The number of aromatic carboxylic acids is 1. The van der Waals surface area contributed by atoms with Crippen molar-refractivity contribution in [2.24, 2.45) is 0 Å². The van der Waals surface area contributed by atoms with Gasteiger partial charge in [0.2, 0.25) is 5.91 Å². The molecule has 0 saturated carbocycles. The molecule has 0 radical (unpaired) electrons. The number of nitrogens with one attached hydrogen (secondary N) is 1. The first kappa shape index (κ1) is 23.0. The maximum Gasteiger partial charge on any atom is 0.335 e. The summed E-state index contributed by atoms with van der Waals surface area (Å²) in [7, 11) is 0. The minimum absolute atomic E-state index is 0.0894. The molecular weight excluding hydrogens is 422 g/mol. The van der Waals surface area contributed by atoms with Gasteiger partial charge in [0.25, 0.3) is 0 Å². The van der Waals surface area contributed by atoms with E-state index in [0.717, 1.165) is 21.9 Å². The Labute approximate surface area is 199 Å². The van der Waals surface area contributed by atoms with E-state index < -0.39 is 5.97 Å². The summed E-state index contributed by atoms with van der Waals surface area (Å²) in [5.41, 5.74) is 3.52. The molecule has 0 heterocycles. The van der Waals surface area contributed by atoms with Crippen LogP contribution in [0.1, 0.15) is 46.3 Å². The van der Waals surface area contributed by atoms with Crippen LogP contribution in [0.2, 0.25) is 0 Å². The SMILES string of the molecule is CC=CCC(C(=O)Nc1ccccc1Cc1ccccc1C(=O)O)c1cccc2ccccc12. The van der Waals surface area contributed by atoms with Gasteiger partial charge in [0.15, 0.2) is 0 Å². The third-order valence-electron chi connectivity index (χ3n) is 6.03. The number of hydrogen-bond donors (Lipinski definition) is 2. The van der Waals surface area contributed by atoms with Gasteiger partial charge in [-0.25, -0.2) is 4.79 Å². The summed E-state index contributed by atoms with van der Waals surface area (Å²) in [5.74, 6) is -1.41. The first-order chi connectivity index (χ1) is 16.6. The molecule has 0 bridgehead atoms. The van der Waals surface area contributed by atoms with Gasteiger partial charge in [0, 0.05) is 12.1 Å². The number of carboxylic acid groups (broad SMARTS) is 1. The van der Waals surface area contributed by atoms with Crippen molar-refractivity contribution < 1.29 is 14.7 Å². The summed E-state index contributed by atoms with van der Waals surface area (Å²) in [4.78, 5) is 25.3. The fourth-order valence-electron chi connectivity index (χ4n) is 4.31. The van der Waals surface area contributed by atoms with Crippen LogP contribution in [0, 0.1) is 0 Å². The molecule has 1 amide bonds. The zero-order chi connectivity index (χ0) is 23.9. The molecule has 0 aliphatic rings. The molecule has 2 N–H and O–H groups in total. The average Bonchev–Trinajstić information content (AvgIpc) is 2.86. The van der Waals surface area contributed by atoms with Crippen LogP contribution in [0.4, 0.5) is 5.69 Å². The molecule has 170 valence electrons. The number of fused-ring (bicyclic) bond motifs is 1. The van der Waals surface area contributed by atoms with E-state index in [1.807, 2.05) is 79.7 Å². The van der Waals surface area contributed by atoms with Gasteiger partial charge in [-0.15, -0.1) is 0 Å². The summed E-state index contributed by atoms with van der Waals surface area (Å²) >= 11 is 0. The number of carboxylic acids is 1. The normalized spacial score (nSPS) is 12.0. The number of amides is 1. The second-order valence-corrected chi connectivity index (χ2v) is 8.21. The Morgan fingerprint density at radius 1 is 0.853 bits per heavy atom. The van der Waals surface area contributed by atoms with E-state index in [4.69, 9.17) is 0 Å². The number of para-hydroxylation sites is 1. The highest BCUT2D eigenvalue weighted by atomic mass is 16.4. The molecule has 34 heavy (non-hydrogen) atoms. The maximum atomic E-state index is 13.6. The molecule has 4 heteroatoms. The Hall–Kier alpha value is -4.18. The summed E-state index contributed by atoms with van der Waals surface area (Å²) < 4.78 is 0. The molecule has 0 aliphatic heterocycles. The van der Waals surface area contributed by atoms with Crippen LogP contribution in [-0.2, 0) is 11.2 Å². The van der Waals surface area contributed by atoms with E-state index in [1.165, 1.54) is 0 Å². The van der Waals surface area contributed by atoms with E-state index >= 15 is 0 Å². The number of allylic oxidation sites excluding steroid dienone is 2. The third kappa shape index (κ3) is 5.07. The van der Waals surface area contributed by atoms with Crippen LogP contribution in [0.5, 0.6) is 0 Å². The standard InChI is InChI=1S/C30H27NO3/c1-2-3-15-27(26-18-10-14-21-11-4-7-16-24(21)26)29(32)31-28-19-9-6-13-23(28)20-22-12-5-8-17-25(22)30(33)34/h2-14,16-19,27H,15,20H2,1H3,(H,31,32)(H,33,34). The van der Waals surface area contributed by atoms with E-state index in [2.05, 4.69) is 23.5 Å². The van der Waals surface area contributed by atoms with Gasteiger partial charge in [-0.1, -0.05) is 91.0 Å². The molecule has 0 aromatic heterocycles. The number of carbonyl (C=O) groups is 2. The Kier molecular flexibility index (Phi) is 7.19. The largest absolute Gasteiger partial charge is 0.478 e. The summed E-state index contributed by atoms with van der Waals surface area (Å²) in [6, 6.07) is 28.7. The second kappa shape index (κ2) is 10.6. The summed E-state index contributed by atoms with van der Waals surface area (Å²) in [6.07, 6.45) is 4.97. The highest BCUT2D eigenvalue weighted by molar-refractivity contribution is 6.00. The Morgan fingerprint density at radius 3 is 2.32 bits per heavy atom. The molecule has 0 saturated heterocycles. The van der Waals surface area contributed by atoms with Gasteiger partial charge >= 0.3 is 5.97 Å². The zero-order valence-corrected chi connectivity index (χ0v) is 19.1. The maximum absolute atomic E-state index is 13.6. The summed E-state index contributed by atoms with van der Waals surface area (Å²) in [6.45, 7) is 1.95. The first-order valence-corrected chi connectivity index (χ1v) is 11.4. The lowest BCUT2D eigenvalue weighted by molar-refractivity contribution is -0.117. The average molecular weight is 450 g/mol. The minimum Gasteiger partial charge on any atom is -0.478 e. The smallest absolute Gasteiger partial charge is 0.335 e. The van der Waals surface area contributed by atoms with Crippen LogP contribution in [-0.4, -0.2) is 17.0 Å². The fourth-order valence-corrected chi connectivity index (χ4v) is 4.31. The number of rotatable bonds is 8. The Morgan fingerprint density at radius 2 is 1.53 bits per heavy atom. The second-order valence-electron chi connectivity index (χ2n) is 8.21. The lowest BCUT2D eigenvalue weighted by Crippen LogP contribution is -2.22. The van der Waals surface area contributed by atoms with Crippen molar-refractivity contribution in [1.29, 1.82) is 0 Å². The topological polar surface area (TPSA) is 66.4 Å². The van der Waals surface area contributed by atoms with Gasteiger partial charge in [-0.2, -0.15) is 0 Å². The van der Waals surface area contributed by atoms with Gasteiger partial charge in [-0.3, -0.25) is 4.79 Å². The first-order valence-electron chi connectivity index (χ1n) is 11.4. The van der Waals surface area contributed by atoms with Gasteiger partial charge < -0.3 is 10.4 Å². The molecule has 0 spiro atoms. The van der Waals surface area contributed by atoms with Gasteiger partial charge in [0.05, 0.1) is 11.5 Å². The van der Waals surface area contributed by atoms with Gasteiger partial charge in [-0.05, 0) is 52.9 Å². The highest BCUT2D eigenvalue weighted by Gasteiger charge is 2.22. The predicted molar refractivity (Wildman–Crippen MR) is 137 cm³/mol. The lowest BCUT2D eigenvalue weighted by Gasteiger charge is -2.19. The van der Waals surface area contributed by atoms with E-state index in [9.17, 15) is 14.7 Å². The van der Waals surface area contributed by atoms with Gasteiger partial charge in [0.1, 0.15) is 0 Å².